The molecule has 4 nitrogen and oxygen atoms in total. The van der Waals surface area contributed by atoms with Crippen molar-refractivity contribution in [1.82, 2.24) is 9.13 Å². The van der Waals surface area contributed by atoms with E-state index in [1.165, 1.54) is 104 Å². The minimum atomic E-state index is -0.275. The predicted octanol–water partition coefficient (Wildman–Crippen LogP) is 26.5. The lowest BCUT2D eigenvalue weighted by Crippen LogP contribution is -2.61. The Bertz CT molecular complexity index is 6610. The summed E-state index contributed by atoms with van der Waals surface area (Å²) in [5.41, 5.74) is 32.2. The van der Waals surface area contributed by atoms with Crippen LogP contribution in [-0.2, 0) is 16.2 Å². The molecule has 21 rings (SSSR count). The molecule has 19 aromatic rings. The van der Waals surface area contributed by atoms with Crippen LogP contribution in [-0.4, -0.2) is 15.8 Å². The Morgan fingerprint density at radius 3 is 1.04 bits per heavy atom. The number of anilines is 6. The average molecular weight is 1400 g/mol. The van der Waals surface area contributed by atoms with Gasteiger partial charge in [-0.05, 0) is 194 Å². The normalized spacial score (nSPS) is 13.1. The van der Waals surface area contributed by atoms with E-state index in [0.29, 0.717) is 0 Å². The lowest BCUT2D eigenvalue weighted by atomic mass is 9.33. The highest BCUT2D eigenvalue weighted by atomic mass is 15.2. The van der Waals surface area contributed by atoms with Crippen LogP contribution in [0.1, 0.15) is 79.0 Å². The second kappa shape index (κ2) is 23.9. The number of fused-ring (bicyclic) bond motifs is 8. The smallest absolute Gasteiger partial charge is 0.252 e. The first-order valence-electron chi connectivity index (χ1n) is 38.7. The summed E-state index contributed by atoms with van der Waals surface area (Å²) < 4.78 is 5.16. The molecule has 2 aliphatic heterocycles. The van der Waals surface area contributed by atoms with Gasteiger partial charge in [0.2, 0.25) is 0 Å². The Kier molecular flexibility index (Phi) is 14.2. The van der Waals surface area contributed by atoms with Crippen molar-refractivity contribution in [2.75, 3.05) is 9.80 Å². The van der Waals surface area contributed by atoms with Crippen LogP contribution in [0, 0.1) is 0 Å². The maximum Gasteiger partial charge on any atom is 0.252 e. The molecule has 0 N–H and O–H groups in total. The van der Waals surface area contributed by atoms with E-state index in [1.807, 2.05) is 0 Å². The van der Waals surface area contributed by atoms with Gasteiger partial charge in [-0.1, -0.05) is 311 Å². The molecule has 109 heavy (non-hydrogen) atoms. The third-order valence-corrected chi connectivity index (χ3v) is 24.0. The number of benzene rings is 17. The Labute approximate surface area is 637 Å². The van der Waals surface area contributed by atoms with Gasteiger partial charge in [-0.25, -0.2) is 0 Å². The second-order valence-corrected chi connectivity index (χ2v) is 33.6. The first kappa shape index (κ1) is 64.7. The summed E-state index contributed by atoms with van der Waals surface area (Å²) in [5, 5.41) is 12.7. The summed E-state index contributed by atoms with van der Waals surface area (Å²) >= 11 is 0. The molecule has 5 heteroatoms. The van der Waals surface area contributed by atoms with Crippen molar-refractivity contribution in [3.05, 3.63) is 344 Å². The summed E-state index contributed by atoms with van der Waals surface area (Å²) in [6.45, 7) is 20.9. The van der Waals surface area contributed by atoms with Crippen molar-refractivity contribution in [3.8, 4) is 67.0 Å². The van der Waals surface area contributed by atoms with Crippen molar-refractivity contribution < 1.29 is 0 Å². The Morgan fingerprint density at radius 2 is 0.606 bits per heavy atom. The molecule has 2 aliphatic rings. The minimum absolute atomic E-state index is 0.0217. The van der Waals surface area contributed by atoms with Gasteiger partial charge in [0.25, 0.3) is 6.71 Å². The van der Waals surface area contributed by atoms with Crippen LogP contribution in [0.4, 0.5) is 34.1 Å². The van der Waals surface area contributed by atoms with E-state index in [4.69, 9.17) is 0 Å². The summed E-state index contributed by atoms with van der Waals surface area (Å²) in [6.07, 6.45) is 0. The van der Waals surface area contributed by atoms with E-state index in [9.17, 15) is 0 Å². The average Bonchev–Trinajstić information content (AvgIpc) is 1.67. The summed E-state index contributed by atoms with van der Waals surface area (Å²) in [7, 11) is 0. The summed E-state index contributed by atoms with van der Waals surface area (Å²) in [5.74, 6) is 0. The van der Waals surface area contributed by atoms with Gasteiger partial charge >= 0.3 is 0 Å². The molecule has 0 fully saturated rings. The molecular weight excluding hydrogens is 1320 g/mol. The fourth-order valence-corrected chi connectivity index (χ4v) is 18.7. The van der Waals surface area contributed by atoms with Crippen LogP contribution in [0.3, 0.4) is 0 Å². The summed E-state index contributed by atoms with van der Waals surface area (Å²) in [4.78, 5) is 5.50. The first-order valence-corrected chi connectivity index (χ1v) is 38.7. The number of hydrogen-bond donors (Lipinski definition) is 0. The van der Waals surface area contributed by atoms with Crippen LogP contribution < -0.4 is 26.2 Å². The van der Waals surface area contributed by atoms with Crippen LogP contribution in [0.25, 0.3) is 143 Å². The molecule has 0 unspecified atom stereocenters. The molecule has 17 aromatic carbocycles. The molecular formula is C104H81BN4. The SMILES string of the molecule is CC(C)(C)c1ccc(-c2ccc3c(c2)N(c2c(-c4ccccc4)cc(C(C)(C)C)cc2-c2ccccc2)c2cc(-n4c5ccc6cccc7c8cccc9ccc4c(c98)c5c67)cc4c2B3c2ccc(-n3c5ccccc5c5ccccc53)cc2N4c2c(-c3ccccc3)cc(C(C)(C)C)cc2-c2ccccc2)cc1. The van der Waals surface area contributed by atoms with E-state index in [2.05, 4.69) is 409 Å². The van der Waals surface area contributed by atoms with Gasteiger partial charge in [0, 0.05) is 72.2 Å². The molecule has 4 heterocycles. The van der Waals surface area contributed by atoms with Gasteiger partial charge in [0.1, 0.15) is 0 Å². The van der Waals surface area contributed by atoms with Crippen LogP contribution >= 0.6 is 0 Å². The molecule has 2 aromatic heterocycles. The van der Waals surface area contributed by atoms with Crippen LogP contribution in [0.2, 0.25) is 0 Å². The maximum atomic E-state index is 2.75. The molecule has 0 saturated carbocycles. The maximum absolute atomic E-state index is 2.75. The minimum Gasteiger partial charge on any atom is -0.310 e. The van der Waals surface area contributed by atoms with Crippen LogP contribution in [0.15, 0.2) is 328 Å². The highest BCUT2D eigenvalue weighted by Gasteiger charge is 2.47. The summed E-state index contributed by atoms with van der Waals surface area (Å²) in [6, 6.07) is 126. The zero-order chi connectivity index (χ0) is 73.5. The fraction of sp³-hybridized carbons (Fsp3) is 0.115. The van der Waals surface area contributed by atoms with Gasteiger partial charge in [-0.15, -0.1) is 0 Å². The van der Waals surface area contributed by atoms with Gasteiger partial charge in [0.05, 0.1) is 39.1 Å². The van der Waals surface area contributed by atoms with Gasteiger partial charge in [-0.2, -0.15) is 0 Å². The highest BCUT2D eigenvalue weighted by molar-refractivity contribution is 7.00. The van der Waals surface area contributed by atoms with Crippen molar-refractivity contribution in [1.29, 1.82) is 0 Å². The van der Waals surface area contributed by atoms with Crippen molar-refractivity contribution in [3.63, 3.8) is 0 Å². The third-order valence-electron chi connectivity index (χ3n) is 24.0. The quantitative estimate of drug-likeness (QED) is 0.0813. The van der Waals surface area contributed by atoms with E-state index in [-0.39, 0.29) is 23.0 Å². The number of hydrogen-bond acceptors (Lipinski definition) is 2. The fourth-order valence-electron chi connectivity index (χ4n) is 18.7. The van der Waals surface area contributed by atoms with E-state index in [1.54, 1.807) is 0 Å². The first-order chi connectivity index (χ1) is 53.0. The lowest BCUT2D eigenvalue weighted by molar-refractivity contribution is 0.590. The molecule has 0 atom stereocenters. The van der Waals surface area contributed by atoms with Crippen molar-refractivity contribution in [2.24, 2.45) is 0 Å². The standard InChI is InChI=1S/C104H81BN4/c1-102(2,3)72-49-44-64(45-50-72)71-46-52-85-91(56-71)108(100-81(65-28-14-10-15-29-65)57-73(103(4,5)6)58-82(100)66-30-16-11-17-31-66)93-62-76(107-89-54-47-69-36-26-40-79-80-41-27-37-70-48-55-90(107)98(96(70)80)97(89)95(69)79)63-94-99(93)105(85)86-53-51-75(106-87-42-24-22-38-77(87)78-39-23-25-43-88(78)106)61-92(86)109(94)101-83(67-32-18-12-19-33-67)59-74(104(7,8)9)60-84(101)68-34-20-13-21-35-68/h10-63H,1-9H3. The zero-order valence-corrected chi connectivity index (χ0v) is 63.0. The number of para-hydroxylation sites is 2. The Morgan fingerprint density at radius 1 is 0.239 bits per heavy atom. The van der Waals surface area contributed by atoms with Crippen molar-refractivity contribution >= 4 is 133 Å². The highest BCUT2D eigenvalue weighted by Crippen LogP contribution is 2.57. The van der Waals surface area contributed by atoms with Crippen LogP contribution in [0.5, 0.6) is 0 Å². The monoisotopic (exact) mass is 1400 g/mol. The van der Waals surface area contributed by atoms with E-state index < -0.39 is 0 Å². The molecule has 520 valence electrons. The number of nitrogens with zero attached hydrogens (tertiary/aromatic N) is 4. The molecule has 0 radical (unpaired) electrons. The predicted molar refractivity (Wildman–Crippen MR) is 467 cm³/mol. The molecule has 0 spiro atoms. The number of rotatable bonds is 9. The van der Waals surface area contributed by atoms with E-state index >= 15 is 0 Å². The van der Waals surface area contributed by atoms with Gasteiger partial charge < -0.3 is 18.9 Å². The topological polar surface area (TPSA) is 16.3 Å². The van der Waals surface area contributed by atoms with Gasteiger partial charge in [-0.3, -0.25) is 0 Å². The molecule has 0 aliphatic carbocycles. The zero-order valence-electron chi connectivity index (χ0n) is 63.0. The Hall–Kier alpha value is -12.7. The van der Waals surface area contributed by atoms with Crippen molar-refractivity contribution in [2.45, 2.75) is 78.6 Å². The third kappa shape index (κ3) is 9.91. The number of aromatic nitrogens is 2. The van der Waals surface area contributed by atoms with Gasteiger partial charge in [0.15, 0.2) is 0 Å². The second-order valence-electron chi connectivity index (χ2n) is 33.6. The molecule has 0 amide bonds. The largest absolute Gasteiger partial charge is 0.310 e. The van der Waals surface area contributed by atoms with E-state index in [0.717, 1.165) is 107 Å². The molecule has 0 saturated heterocycles. The Balaban J connectivity index is 0.986. The molecule has 0 bridgehead atoms. The lowest BCUT2D eigenvalue weighted by Gasteiger charge is -2.46.